The van der Waals surface area contributed by atoms with Crippen LogP contribution < -0.4 is 0 Å². The van der Waals surface area contributed by atoms with Crippen molar-refractivity contribution in [2.45, 2.75) is 38.3 Å². The van der Waals surface area contributed by atoms with Gasteiger partial charge in [0.05, 0.1) is 12.7 Å². The molecule has 0 unspecified atom stereocenters. The summed E-state index contributed by atoms with van der Waals surface area (Å²) in [5.41, 5.74) is 1.25. The first-order valence-electron chi connectivity index (χ1n) is 8.18. The minimum Gasteiger partial charge on any atom is -0.371 e. The zero-order valence-corrected chi connectivity index (χ0v) is 14.0. The summed E-state index contributed by atoms with van der Waals surface area (Å²) in [7, 11) is 3.63. The maximum atomic E-state index is 11.6. The van der Waals surface area contributed by atoms with Crippen LogP contribution in [0, 0.1) is 0 Å². The highest BCUT2D eigenvalue weighted by atomic mass is 16.5. The van der Waals surface area contributed by atoms with Crippen molar-refractivity contribution >= 4 is 5.91 Å². The lowest BCUT2D eigenvalue weighted by molar-refractivity contribution is -0.128. The molecule has 0 aliphatic carbocycles. The highest BCUT2D eigenvalue weighted by Gasteiger charge is 2.26. The first kappa shape index (κ1) is 17.0. The molecule has 2 atom stereocenters. The molecule has 1 aliphatic rings. The van der Waals surface area contributed by atoms with Crippen LogP contribution in [0.4, 0.5) is 0 Å². The van der Waals surface area contributed by atoms with Gasteiger partial charge in [-0.15, -0.1) is 0 Å². The molecule has 1 saturated heterocycles. The topological polar surface area (TPSA) is 32.8 Å². The summed E-state index contributed by atoms with van der Waals surface area (Å²) in [6.07, 6.45) is 2.83. The number of nitrogens with zero attached hydrogens (tertiary/aromatic N) is 2. The standard InChI is InChI=1S/C18H28N2O2/c1-15-14-22-17(16-9-5-4-6-10-16)13-20(15)12-8-7-11-18(21)19(2)3/h4-6,9-10,15,17H,7-8,11-14H2,1-3H3/t15-,17+/m0/s1. The lowest BCUT2D eigenvalue weighted by Crippen LogP contribution is -2.45. The third-order valence-electron chi connectivity index (χ3n) is 4.32. The number of unbranched alkanes of at least 4 members (excludes halogenated alkanes) is 1. The molecule has 1 aromatic rings. The predicted octanol–water partition coefficient (Wildman–Crippen LogP) is 2.71. The number of benzene rings is 1. The molecule has 0 radical (unpaired) electrons. The highest BCUT2D eigenvalue weighted by Crippen LogP contribution is 2.24. The van der Waals surface area contributed by atoms with Gasteiger partial charge < -0.3 is 9.64 Å². The Hall–Kier alpha value is -1.39. The van der Waals surface area contributed by atoms with Crippen LogP contribution in [0.5, 0.6) is 0 Å². The van der Waals surface area contributed by atoms with Gasteiger partial charge in [-0.2, -0.15) is 0 Å². The second kappa shape index (κ2) is 8.30. The number of ether oxygens (including phenoxy) is 1. The normalized spacial score (nSPS) is 22.5. The van der Waals surface area contributed by atoms with E-state index in [0.29, 0.717) is 12.5 Å². The molecule has 1 amide bonds. The van der Waals surface area contributed by atoms with E-state index in [2.05, 4.69) is 36.1 Å². The van der Waals surface area contributed by atoms with Crippen LogP contribution in [-0.4, -0.2) is 55.5 Å². The SMILES string of the molecule is C[C@H]1CO[C@@H](c2ccccc2)CN1CCCCC(=O)N(C)C. The van der Waals surface area contributed by atoms with Crippen LogP contribution in [0.3, 0.4) is 0 Å². The fourth-order valence-corrected chi connectivity index (χ4v) is 2.80. The Kier molecular flexibility index (Phi) is 6.40. The van der Waals surface area contributed by atoms with Gasteiger partial charge in [0.2, 0.25) is 5.91 Å². The number of amides is 1. The average molecular weight is 304 g/mol. The number of rotatable bonds is 6. The maximum Gasteiger partial charge on any atom is 0.222 e. The van der Waals surface area contributed by atoms with E-state index in [9.17, 15) is 4.79 Å². The first-order valence-corrected chi connectivity index (χ1v) is 8.18. The van der Waals surface area contributed by atoms with Gasteiger partial charge >= 0.3 is 0 Å². The van der Waals surface area contributed by atoms with Crippen LogP contribution >= 0.6 is 0 Å². The summed E-state index contributed by atoms with van der Waals surface area (Å²) in [6, 6.07) is 10.9. The third kappa shape index (κ3) is 4.82. The van der Waals surface area contributed by atoms with Crippen LogP contribution in [0.25, 0.3) is 0 Å². The molecule has 0 bridgehead atoms. The molecule has 0 spiro atoms. The summed E-state index contributed by atoms with van der Waals surface area (Å²) >= 11 is 0. The quantitative estimate of drug-likeness (QED) is 0.758. The van der Waals surface area contributed by atoms with Gasteiger partial charge in [-0.05, 0) is 31.9 Å². The summed E-state index contributed by atoms with van der Waals surface area (Å²) in [6.45, 7) is 4.96. The van der Waals surface area contributed by atoms with Gasteiger partial charge in [0, 0.05) is 33.1 Å². The molecule has 1 heterocycles. The number of morpholine rings is 1. The van der Waals surface area contributed by atoms with E-state index in [1.54, 1.807) is 4.90 Å². The Labute approximate surface area is 134 Å². The van der Waals surface area contributed by atoms with E-state index in [-0.39, 0.29) is 12.0 Å². The molecule has 1 aliphatic heterocycles. The maximum absolute atomic E-state index is 11.6. The monoisotopic (exact) mass is 304 g/mol. The van der Waals surface area contributed by atoms with Crippen LogP contribution in [-0.2, 0) is 9.53 Å². The minimum atomic E-state index is 0.167. The van der Waals surface area contributed by atoms with Gasteiger partial charge in [0.1, 0.15) is 0 Å². The number of hydrogen-bond acceptors (Lipinski definition) is 3. The van der Waals surface area contributed by atoms with E-state index < -0.39 is 0 Å². The zero-order chi connectivity index (χ0) is 15.9. The summed E-state index contributed by atoms with van der Waals surface area (Å²) < 4.78 is 5.98. The van der Waals surface area contributed by atoms with E-state index in [1.807, 2.05) is 20.2 Å². The molecule has 122 valence electrons. The van der Waals surface area contributed by atoms with Crippen molar-refractivity contribution in [3.05, 3.63) is 35.9 Å². The van der Waals surface area contributed by atoms with Gasteiger partial charge in [-0.25, -0.2) is 0 Å². The fraction of sp³-hybridized carbons (Fsp3) is 0.611. The molecular weight excluding hydrogens is 276 g/mol. The largest absolute Gasteiger partial charge is 0.371 e. The number of carbonyl (C=O) groups excluding carboxylic acids is 1. The van der Waals surface area contributed by atoms with E-state index in [4.69, 9.17) is 4.74 Å². The molecule has 0 aromatic heterocycles. The first-order chi connectivity index (χ1) is 10.6. The third-order valence-corrected chi connectivity index (χ3v) is 4.32. The number of hydrogen-bond donors (Lipinski definition) is 0. The fourth-order valence-electron chi connectivity index (χ4n) is 2.80. The molecule has 22 heavy (non-hydrogen) atoms. The highest BCUT2D eigenvalue weighted by molar-refractivity contribution is 5.75. The molecule has 0 saturated carbocycles. The van der Waals surface area contributed by atoms with Crippen molar-refractivity contribution in [3.63, 3.8) is 0 Å². The van der Waals surface area contributed by atoms with Crippen molar-refractivity contribution in [2.24, 2.45) is 0 Å². The van der Waals surface area contributed by atoms with Crippen LogP contribution in [0.15, 0.2) is 30.3 Å². The second-order valence-corrected chi connectivity index (χ2v) is 6.32. The van der Waals surface area contributed by atoms with Gasteiger partial charge in [0.25, 0.3) is 0 Å². The lowest BCUT2D eigenvalue weighted by Gasteiger charge is -2.38. The lowest BCUT2D eigenvalue weighted by atomic mass is 10.1. The zero-order valence-electron chi connectivity index (χ0n) is 14.0. The Morgan fingerprint density at radius 2 is 2.00 bits per heavy atom. The molecule has 0 N–H and O–H groups in total. The van der Waals surface area contributed by atoms with Crippen molar-refractivity contribution in [3.8, 4) is 0 Å². The van der Waals surface area contributed by atoms with E-state index in [0.717, 1.165) is 32.5 Å². The van der Waals surface area contributed by atoms with Crippen LogP contribution in [0.1, 0.15) is 37.9 Å². The Balaban J connectivity index is 1.78. The Morgan fingerprint density at radius 3 is 2.68 bits per heavy atom. The van der Waals surface area contributed by atoms with E-state index >= 15 is 0 Å². The van der Waals surface area contributed by atoms with Crippen molar-refractivity contribution < 1.29 is 9.53 Å². The summed E-state index contributed by atoms with van der Waals surface area (Å²) in [5.74, 6) is 0.220. The van der Waals surface area contributed by atoms with Crippen molar-refractivity contribution in [2.75, 3.05) is 33.8 Å². The molecule has 2 rings (SSSR count). The van der Waals surface area contributed by atoms with E-state index in [1.165, 1.54) is 5.56 Å². The van der Waals surface area contributed by atoms with Crippen LogP contribution in [0.2, 0.25) is 0 Å². The van der Waals surface area contributed by atoms with Gasteiger partial charge in [0.15, 0.2) is 0 Å². The molecular formula is C18H28N2O2. The van der Waals surface area contributed by atoms with Gasteiger partial charge in [-0.1, -0.05) is 30.3 Å². The summed E-state index contributed by atoms with van der Waals surface area (Å²) in [4.78, 5) is 15.7. The summed E-state index contributed by atoms with van der Waals surface area (Å²) in [5, 5.41) is 0. The molecule has 1 aromatic carbocycles. The predicted molar refractivity (Wildman–Crippen MR) is 88.7 cm³/mol. The smallest absolute Gasteiger partial charge is 0.222 e. The number of carbonyl (C=O) groups is 1. The van der Waals surface area contributed by atoms with Crippen molar-refractivity contribution in [1.82, 2.24) is 9.80 Å². The van der Waals surface area contributed by atoms with Gasteiger partial charge in [-0.3, -0.25) is 9.69 Å². The average Bonchev–Trinajstić information content (AvgIpc) is 2.53. The molecule has 4 nitrogen and oxygen atoms in total. The van der Waals surface area contributed by atoms with Crippen molar-refractivity contribution in [1.29, 1.82) is 0 Å². The second-order valence-electron chi connectivity index (χ2n) is 6.32. The molecule has 1 fully saturated rings. The minimum absolute atomic E-state index is 0.167. The molecule has 4 heteroatoms. The Morgan fingerprint density at radius 1 is 1.27 bits per heavy atom. The Bertz CT molecular complexity index is 461.